The molecule has 0 rings (SSSR count). The maximum absolute atomic E-state index is 12.8. The van der Waals surface area contributed by atoms with Crippen LogP contribution in [0.4, 0.5) is 0 Å². The van der Waals surface area contributed by atoms with E-state index in [0.29, 0.717) is 19.3 Å². The summed E-state index contributed by atoms with van der Waals surface area (Å²) in [5, 5.41) is 9.63. The van der Waals surface area contributed by atoms with Crippen LogP contribution < -0.4 is 0 Å². The van der Waals surface area contributed by atoms with Crippen molar-refractivity contribution in [2.24, 2.45) is 0 Å². The fourth-order valence-corrected chi connectivity index (χ4v) is 7.38. The second-order valence-corrected chi connectivity index (χ2v) is 17.7. The number of quaternary nitrogens is 1. The van der Waals surface area contributed by atoms with Crippen molar-refractivity contribution in [2.75, 3.05) is 41.0 Å². The zero-order chi connectivity index (χ0) is 42.1. The Morgan fingerprint density at radius 2 is 0.877 bits per heavy atom. The molecule has 0 bridgehead atoms. The van der Waals surface area contributed by atoms with Crippen LogP contribution in [0.1, 0.15) is 232 Å². The molecule has 0 fully saturated rings. The molecule has 0 aliphatic carbocycles. The van der Waals surface area contributed by atoms with Gasteiger partial charge in [-0.2, -0.15) is 0 Å². The number of hydrogen-bond donors (Lipinski definition) is 1. The molecule has 0 saturated heterocycles. The number of carbonyl (C=O) groups excluding carboxylic acids is 2. The summed E-state index contributed by atoms with van der Waals surface area (Å²) in [4.78, 5) is 37.1. The van der Waals surface area contributed by atoms with Gasteiger partial charge in [0.1, 0.15) is 6.61 Å². The predicted octanol–water partition coefficient (Wildman–Crippen LogP) is 13.5. The topological polar surface area (TPSA) is 99.1 Å². The number of nitrogens with zero attached hydrogens (tertiary/aromatic N) is 1. The first kappa shape index (κ1) is 55.1. The lowest BCUT2D eigenvalue weighted by Gasteiger charge is -2.31. The maximum Gasteiger partial charge on any atom is 0.362 e. The summed E-state index contributed by atoms with van der Waals surface area (Å²) in [5.41, 5.74) is 0. The molecule has 57 heavy (non-hydrogen) atoms. The van der Waals surface area contributed by atoms with E-state index in [1.807, 2.05) is 21.1 Å². The standard InChI is InChI=1S/C49H93NO7/c1-6-8-10-12-14-16-18-20-22-23-24-26-28-30-32-34-36-38-40-48(52)57-45(43-55-42-41-46(49(53)54)50(3,4)5)44-56-47(51)39-37-35-33-31-29-27-25-21-19-17-15-13-11-9-7-2/h24,26,45-46H,6-23,25,27-44H2,1-5H3/p+1/b26-24+. The third-order valence-corrected chi connectivity index (χ3v) is 11.2. The molecule has 2 unspecified atom stereocenters. The molecule has 0 saturated carbocycles. The number of aliphatic carboxylic acids is 1. The maximum atomic E-state index is 12.8. The van der Waals surface area contributed by atoms with E-state index in [0.717, 1.165) is 51.4 Å². The molecule has 8 nitrogen and oxygen atoms in total. The third kappa shape index (κ3) is 39.3. The molecule has 0 amide bonds. The lowest BCUT2D eigenvalue weighted by atomic mass is 10.0. The van der Waals surface area contributed by atoms with Crippen molar-refractivity contribution in [1.82, 2.24) is 0 Å². The number of ether oxygens (including phenoxy) is 3. The molecule has 0 aromatic heterocycles. The highest BCUT2D eigenvalue weighted by molar-refractivity contribution is 5.72. The Bertz CT molecular complexity index is 947. The Kier molecular flexibility index (Phi) is 39.4. The van der Waals surface area contributed by atoms with E-state index >= 15 is 0 Å². The Hall–Kier alpha value is -1.93. The lowest BCUT2D eigenvalue weighted by Crippen LogP contribution is -2.50. The summed E-state index contributed by atoms with van der Waals surface area (Å²) in [6.07, 6.45) is 43.9. The molecular formula is C49H94NO7+. The highest BCUT2D eigenvalue weighted by Crippen LogP contribution is 2.16. The van der Waals surface area contributed by atoms with Crippen molar-refractivity contribution < 1.29 is 38.2 Å². The SMILES string of the molecule is CCCCCCCCCCC/C=C/CCCCCCCC(=O)OC(COCCC(C(=O)O)[N+](C)(C)C)COC(=O)CCCCCCCCCCCCCCCCC. The quantitative estimate of drug-likeness (QED) is 0.0283. The second-order valence-electron chi connectivity index (χ2n) is 17.7. The summed E-state index contributed by atoms with van der Waals surface area (Å²) in [6, 6.07) is -0.612. The number of carboxylic acid groups (broad SMARTS) is 1. The highest BCUT2D eigenvalue weighted by Gasteiger charge is 2.31. The molecule has 336 valence electrons. The van der Waals surface area contributed by atoms with Crippen molar-refractivity contribution in [3.8, 4) is 0 Å². The number of unbranched alkanes of at least 4 members (excludes halogenated alkanes) is 28. The summed E-state index contributed by atoms with van der Waals surface area (Å²) >= 11 is 0. The van der Waals surface area contributed by atoms with Crippen molar-refractivity contribution in [3.63, 3.8) is 0 Å². The summed E-state index contributed by atoms with van der Waals surface area (Å²) < 4.78 is 17.3. The van der Waals surface area contributed by atoms with Gasteiger partial charge in [0.05, 0.1) is 34.4 Å². The fraction of sp³-hybridized carbons (Fsp3) is 0.898. The minimum atomic E-state index is -0.873. The molecule has 8 heteroatoms. The number of hydrogen-bond acceptors (Lipinski definition) is 6. The molecular weight excluding hydrogens is 715 g/mol. The van der Waals surface area contributed by atoms with Crippen LogP contribution in [0.3, 0.4) is 0 Å². The van der Waals surface area contributed by atoms with Gasteiger partial charge in [0.15, 0.2) is 12.1 Å². The van der Waals surface area contributed by atoms with Crippen molar-refractivity contribution in [3.05, 3.63) is 12.2 Å². The first-order valence-electron chi connectivity index (χ1n) is 24.2. The number of esters is 2. The molecule has 0 heterocycles. The van der Waals surface area contributed by atoms with E-state index in [9.17, 15) is 19.5 Å². The number of carboxylic acids is 1. The van der Waals surface area contributed by atoms with E-state index in [-0.39, 0.29) is 36.2 Å². The predicted molar refractivity (Wildman–Crippen MR) is 239 cm³/mol. The van der Waals surface area contributed by atoms with E-state index < -0.39 is 18.1 Å². The summed E-state index contributed by atoms with van der Waals surface area (Å²) in [7, 11) is 5.54. The number of carbonyl (C=O) groups is 3. The van der Waals surface area contributed by atoms with Crippen molar-refractivity contribution >= 4 is 17.9 Å². The molecule has 0 aliphatic rings. The Morgan fingerprint density at radius 3 is 1.26 bits per heavy atom. The number of likely N-dealkylation sites (N-methyl/N-ethyl adjacent to an activating group) is 1. The van der Waals surface area contributed by atoms with Crippen molar-refractivity contribution in [2.45, 2.75) is 244 Å². The largest absolute Gasteiger partial charge is 0.477 e. The van der Waals surface area contributed by atoms with Gasteiger partial charge >= 0.3 is 17.9 Å². The van der Waals surface area contributed by atoms with Gasteiger partial charge in [-0.15, -0.1) is 0 Å². The summed E-state index contributed by atoms with van der Waals surface area (Å²) in [6.45, 7) is 4.76. The fourth-order valence-electron chi connectivity index (χ4n) is 7.38. The van der Waals surface area contributed by atoms with Crippen LogP contribution in [-0.4, -0.2) is 80.6 Å². The van der Waals surface area contributed by atoms with Crippen LogP contribution in [0.15, 0.2) is 12.2 Å². The van der Waals surface area contributed by atoms with Crippen LogP contribution in [0, 0.1) is 0 Å². The Morgan fingerprint density at radius 1 is 0.509 bits per heavy atom. The minimum Gasteiger partial charge on any atom is -0.477 e. The zero-order valence-corrected chi connectivity index (χ0v) is 38.3. The van der Waals surface area contributed by atoms with Gasteiger partial charge in [-0.1, -0.05) is 187 Å². The van der Waals surface area contributed by atoms with Crippen LogP contribution in [-0.2, 0) is 28.6 Å². The first-order chi connectivity index (χ1) is 27.6. The Balaban J connectivity index is 4.27. The molecule has 0 aromatic carbocycles. The average Bonchev–Trinajstić information content (AvgIpc) is 3.17. The van der Waals surface area contributed by atoms with Gasteiger partial charge in [-0.05, 0) is 38.5 Å². The molecule has 2 atom stereocenters. The van der Waals surface area contributed by atoms with Crippen LogP contribution in [0.25, 0.3) is 0 Å². The normalized spacial score (nSPS) is 12.9. The molecule has 0 radical (unpaired) electrons. The summed E-state index contributed by atoms with van der Waals surface area (Å²) in [5.74, 6) is -1.46. The van der Waals surface area contributed by atoms with Crippen LogP contribution in [0.5, 0.6) is 0 Å². The third-order valence-electron chi connectivity index (χ3n) is 11.2. The monoisotopic (exact) mass is 809 g/mol. The van der Waals surface area contributed by atoms with E-state index in [2.05, 4.69) is 26.0 Å². The molecule has 0 aromatic rings. The van der Waals surface area contributed by atoms with Crippen LogP contribution >= 0.6 is 0 Å². The molecule has 0 spiro atoms. The molecule has 0 aliphatic heterocycles. The van der Waals surface area contributed by atoms with Gasteiger partial charge in [0, 0.05) is 19.3 Å². The zero-order valence-electron chi connectivity index (χ0n) is 38.3. The highest BCUT2D eigenvalue weighted by atomic mass is 16.6. The Labute approximate surface area is 352 Å². The van der Waals surface area contributed by atoms with E-state index in [4.69, 9.17) is 14.2 Å². The van der Waals surface area contributed by atoms with Crippen molar-refractivity contribution in [1.29, 1.82) is 0 Å². The van der Waals surface area contributed by atoms with Crippen LogP contribution in [0.2, 0.25) is 0 Å². The number of allylic oxidation sites excluding steroid dienone is 2. The van der Waals surface area contributed by atoms with Gasteiger partial charge < -0.3 is 23.8 Å². The first-order valence-corrected chi connectivity index (χ1v) is 24.2. The molecule has 1 N–H and O–H groups in total. The number of rotatable bonds is 44. The van der Waals surface area contributed by atoms with Gasteiger partial charge in [-0.3, -0.25) is 9.59 Å². The van der Waals surface area contributed by atoms with E-state index in [1.54, 1.807) is 0 Å². The minimum absolute atomic E-state index is 0.0480. The van der Waals surface area contributed by atoms with Gasteiger partial charge in [-0.25, -0.2) is 4.79 Å². The average molecular weight is 809 g/mol. The van der Waals surface area contributed by atoms with Gasteiger partial charge in [0.25, 0.3) is 0 Å². The van der Waals surface area contributed by atoms with E-state index in [1.165, 1.54) is 148 Å². The second kappa shape index (κ2) is 40.8. The smallest absolute Gasteiger partial charge is 0.362 e. The lowest BCUT2D eigenvalue weighted by molar-refractivity contribution is -0.887. The van der Waals surface area contributed by atoms with Gasteiger partial charge in [0.2, 0.25) is 0 Å².